The highest BCUT2D eigenvalue weighted by Gasteiger charge is 2.22. The van der Waals surface area contributed by atoms with Crippen LogP contribution in [0.15, 0.2) is 28.7 Å². The molecule has 0 aliphatic carbocycles. The highest BCUT2D eigenvalue weighted by Crippen LogP contribution is 2.48. The van der Waals surface area contributed by atoms with Crippen molar-refractivity contribution in [1.82, 2.24) is 0 Å². The van der Waals surface area contributed by atoms with E-state index in [1.165, 1.54) is 5.56 Å². The van der Waals surface area contributed by atoms with Gasteiger partial charge in [0.15, 0.2) is 0 Å². The molecule has 0 aromatic heterocycles. The molecule has 0 aliphatic heterocycles. The summed E-state index contributed by atoms with van der Waals surface area (Å²) in [4.78, 5) is 0. The van der Waals surface area contributed by atoms with Crippen LogP contribution in [0.25, 0.3) is 0 Å². The van der Waals surface area contributed by atoms with Crippen LogP contribution in [0.3, 0.4) is 0 Å². The van der Waals surface area contributed by atoms with Crippen molar-refractivity contribution < 1.29 is 13.6 Å². The maximum absolute atomic E-state index is 12.3. The highest BCUT2D eigenvalue weighted by atomic mass is 79.9. The second kappa shape index (κ2) is 10.6. The molecule has 3 nitrogen and oxygen atoms in total. The Hall–Kier alpha value is -0.150. The SMILES string of the molecule is CCOP(=O)(CCCCCCc1ccc(Br)cc1)OCC. The third-order valence-electron chi connectivity index (χ3n) is 3.21. The van der Waals surface area contributed by atoms with Gasteiger partial charge in [0.1, 0.15) is 0 Å². The van der Waals surface area contributed by atoms with Gasteiger partial charge in [0, 0.05) is 4.47 Å². The van der Waals surface area contributed by atoms with Crippen molar-refractivity contribution in [2.24, 2.45) is 0 Å². The van der Waals surface area contributed by atoms with Gasteiger partial charge in [0.25, 0.3) is 0 Å². The minimum atomic E-state index is -2.84. The molecular weight excluding hydrogens is 351 g/mol. The lowest BCUT2D eigenvalue weighted by Gasteiger charge is -2.16. The minimum absolute atomic E-state index is 0.445. The molecule has 0 saturated carbocycles. The van der Waals surface area contributed by atoms with E-state index in [1.54, 1.807) is 0 Å². The summed E-state index contributed by atoms with van der Waals surface area (Å²) in [6.45, 7) is 4.59. The number of rotatable bonds is 11. The lowest BCUT2D eigenvalue weighted by atomic mass is 10.1. The van der Waals surface area contributed by atoms with Crippen molar-refractivity contribution in [2.45, 2.75) is 46.0 Å². The fourth-order valence-electron chi connectivity index (χ4n) is 2.20. The third-order valence-corrected chi connectivity index (χ3v) is 5.91. The van der Waals surface area contributed by atoms with Gasteiger partial charge in [0.05, 0.1) is 19.4 Å². The van der Waals surface area contributed by atoms with E-state index >= 15 is 0 Å². The van der Waals surface area contributed by atoms with Crippen molar-refractivity contribution in [3.05, 3.63) is 34.3 Å². The second-order valence-electron chi connectivity index (χ2n) is 4.96. The van der Waals surface area contributed by atoms with E-state index in [4.69, 9.17) is 9.05 Å². The van der Waals surface area contributed by atoms with Crippen LogP contribution in [-0.2, 0) is 20.0 Å². The van der Waals surface area contributed by atoms with Crippen molar-refractivity contribution in [3.63, 3.8) is 0 Å². The molecule has 0 aliphatic rings. The van der Waals surface area contributed by atoms with Gasteiger partial charge < -0.3 is 9.05 Å². The van der Waals surface area contributed by atoms with Crippen LogP contribution < -0.4 is 0 Å². The Morgan fingerprint density at radius 3 is 2.10 bits per heavy atom. The van der Waals surface area contributed by atoms with Crippen LogP contribution >= 0.6 is 23.5 Å². The van der Waals surface area contributed by atoms with Crippen LogP contribution in [0, 0.1) is 0 Å². The molecule has 1 aromatic carbocycles. The average molecular weight is 377 g/mol. The molecule has 0 radical (unpaired) electrons. The Morgan fingerprint density at radius 1 is 0.952 bits per heavy atom. The van der Waals surface area contributed by atoms with Crippen LogP contribution in [-0.4, -0.2) is 19.4 Å². The Morgan fingerprint density at radius 2 is 1.52 bits per heavy atom. The Kier molecular flexibility index (Phi) is 9.50. The number of hydrogen-bond donors (Lipinski definition) is 0. The monoisotopic (exact) mass is 376 g/mol. The largest absolute Gasteiger partial charge is 0.330 e. The smallest absolute Gasteiger partial charge is 0.309 e. The molecule has 0 saturated heterocycles. The molecule has 120 valence electrons. The van der Waals surface area contributed by atoms with Crippen molar-refractivity contribution in [1.29, 1.82) is 0 Å². The Balaban J connectivity index is 2.16. The Labute approximate surface area is 137 Å². The molecule has 21 heavy (non-hydrogen) atoms. The zero-order chi connectivity index (χ0) is 15.6. The first kappa shape index (κ1) is 18.9. The summed E-state index contributed by atoms with van der Waals surface area (Å²) in [6.07, 6.45) is 5.91. The number of unbranched alkanes of at least 4 members (excludes halogenated alkanes) is 3. The molecule has 5 heteroatoms. The zero-order valence-corrected chi connectivity index (χ0v) is 15.5. The summed E-state index contributed by atoms with van der Waals surface area (Å²) in [6, 6.07) is 8.47. The van der Waals surface area contributed by atoms with Crippen LogP contribution in [0.4, 0.5) is 0 Å². The van der Waals surface area contributed by atoms with Gasteiger partial charge in [-0.2, -0.15) is 0 Å². The molecule has 0 unspecified atom stereocenters. The van der Waals surface area contributed by atoms with E-state index in [0.29, 0.717) is 19.4 Å². The van der Waals surface area contributed by atoms with Gasteiger partial charge >= 0.3 is 7.60 Å². The zero-order valence-electron chi connectivity index (χ0n) is 13.0. The first-order valence-electron chi connectivity index (χ1n) is 7.72. The fraction of sp³-hybridized carbons (Fsp3) is 0.625. The van der Waals surface area contributed by atoms with E-state index < -0.39 is 7.60 Å². The summed E-state index contributed by atoms with van der Waals surface area (Å²) in [5.41, 5.74) is 1.37. The maximum Gasteiger partial charge on any atom is 0.330 e. The number of hydrogen-bond acceptors (Lipinski definition) is 3. The molecule has 0 heterocycles. The topological polar surface area (TPSA) is 35.5 Å². The van der Waals surface area contributed by atoms with E-state index in [1.807, 2.05) is 13.8 Å². The standard InChI is InChI=1S/C16H26BrO3P/c1-3-19-21(18,20-4-2)14-8-6-5-7-9-15-10-12-16(17)13-11-15/h10-13H,3-9,14H2,1-2H3. The predicted molar refractivity (Wildman–Crippen MR) is 92.0 cm³/mol. The molecule has 0 bridgehead atoms. The van der Waals surface area contributed by atoms with Gasteiger partial charge in [0.2, 0.25) is 0 Å². The van der Waals surface area contributed by atoms with E-state index in [9.17, 15) is 4.57 Å². The van der Waals surface area contributed by atoms with Gasteiger partial charge in [-0.3, -0.25) is 4.57 Å². The molecule has 0 amide bonds. The molecule has 0 atom stereocenters. The van der Waals surface area contributed by atoms with Gasteiger partial charge in [-0.05, 0) is 50.8 Å². The van der Waals surface area contributed by atoms with Crippen LogP contribution in [0.5, 0.6) is 0 Å². The molecule has 0 N–H and O–H groups in total. The molecule has 0 spiro atoms. The lowest BCUT2D eigenvalue weighted by Crippen LogP contribution is -2.00. The summed E-state index contributed by atoms with van der Waals surface area (Å²) in [5.74, 6) is 0. The summed E-state index contributed by atoms with van der Waals surface area (Å²) in [5, 5.41) is 0. The van der Waals surface area contributed by atoms with Gasteiger partial charge in [-0.1, -0.05) is 40.9 Å². The number of aryl methyl sites for hydroxylation is 1. The first-order valence-corrected chi connectivity index (χ1v) is 10.2. The molecular formula is C16H26BrO3P. The van der Waals surface area contributed by atoms with E-state index in [2.05, 4.69) is 40.2 Å². The van der Waals surface area contributed by atoms with Crippen molar-refractivity contribution in [3.8, 4) is 0 Å². The third kappa shape index (κ3) is 8.15. The summed E-state index contributed by atoms with van der Waals surface area (Å²) < 4.78 is 23.9. The molecule has 0 fully saturated rings. The number of benzene rings is 1. The number of halogens is 1. The minimum Gasteiger partial charge on any atom is -0.309 e. The average Bonchev–Trinajstić information content (AvgIpc) is 2.45. The Bertz CT molecular complexity index is 424. The van der Waals surface area contributed by atoms with Gasteiger partial charge in [-0.25, -0.2) is 0 Å². The van der Waals surface area contributed by atoms with Crippen LogP contribution in [0.2, 0.25) is 0 Å². The van der Waals surface area contributed by atoms with Crippen molar-refractivity contribution >= 4 is 23.5 Å². The lowest BCUT2D eigenvalue weighted by molar-refractivity contribution is 0.219. The molecule has 1 rings (SSSR count). The molecule has 1 aromatic rings. The van der Waals surface area contributed by atoms with Crippen LogP contribution in [0.1, 0.15) is 45.1 Å². The summed E-state index contributed by atoms with van der Waals surface area (Å²) in [7, 11) is -2.84. The fourth-order valence-corrected chi connectivity index (χ4v) is 4.19. The highest BCUT2D eigenvalue weighted by molar-refractivity contribution is 9.10. The predicted octanol–water partition coefficient (Wildman–Crippen LogP) is 5.82. The van der Waals surface area contributed by atoms with E-state index in [-0.39, 0.29) is 0 Å². The first-order chi connectivity index (χ1) is 10.1. The van der Waals surface area contributed by atoms with Crippen molar-refractivity contribution in [2.75, 3.05) is 19.4 Å². The van der Waals surface area contributed by atoms with E-state index in [0.717, 1.165) is 36.6 Å². The maximum atomic E-state index is 12.3. The summed E-state index contributed by atoms with van der Waals surface area (Å²) >= 11 is 3.44. The van der Waals surface area contributed by atoms with Gasteiger partial charge in [-0.15, -0.1) is 0 Å². The normalized spacial score (nSPS) is 11.8. The second-order valence-corrected chi connectivity index (χ2v) is 8.06. The quantitative estimate of drug-likeness (QED) is 0.360.